The quantitative estimate of drug-likeness (QED) is 0.846. The highest BCUT2D eigenvalue weighted by atomic mass is 32.1. The Morgan fingerprint density at radius 1 is 1.33 bits per heavy atom. The molecule has 3 rings (SSSR count). The number of hydrogen-bond donors (Lipinski definition) is 2. The largest absolute Gasteiger partial charge is 0.356 e. The first kappa shape index (κ1) is 17.1. The predicted molar refractivity (Wildman–Crippen MR) is 98.9 cm³/mol. The van der Waals surface area contributed by atoms with Gasteiger partial charge in [-0.2, -0.15) is 0 Å². The van der Waals surface area contributed by atoms with E-state index in [9.17, 15) is 4.79 Å². The first-order chi connectivity index (χ1) is 11.7. The molecule has 1 amide bonds. The molecule has 0 radical (unpaired) electrons. The number of carbonyl (C=O) groups excluding carboxylic acids is 1. The van der Waals surface area contributed by atoms with E-state index in [0.29, 0.717) is 19.0 Å². The molecule has 0 aliphatic heterocycles. The number of amides is 1. The van der Waals surface area contributed by atoms with Crippen molar-refractivity contribution in [2.45, 2.75) is 32.6 Å². The Labute approximate surface area is 147 Å². The predicted octanol–water partition coefficient (Wildman–Crippen LogP) is 3.15. The van der Waals surface area contributed by atoms with E-state index in [-0.39, 0.29) is 11.8 Å². The fraction of sp³-hybridized carbons (Fsp3) is 0.474. The van der Waals surface area contributed by atoms with E-state index >= 15 is 0 Å². The van der Waals surface area contributed by atoms with E-state index in [1.54, 1.807) is 11.3 Å². The summed E-state index contributed by atoms with van der Waals surface area (Å²) in [6, 6.07) is 8.45. The van der Waals surface area contributed by atoms with Crippen LogP contribution in [0.3, 0.4) is 0 Å². The zero-order valence-electron chi connectivity index (χ0n) is 14.1. The van der Waals surface area contributed by atoms with Crippen molar-refractivity contribution >= 4 is 17.2 Å². The number of carbonyl (C=O) groups is 1. The maximum Gasteiger partial charge on any atom is 0.223 e. The third-order valence-electron chi connectivity index (χ3n) is 4.88. The van der Waals surface area contributed by atoms with Gasteiger partial charge in [-0.25, -0.2) is 4.98 Å². The van der Waals surface area contributed by atoms with Crippen molar-refractivity contribution in [3.63, 3.8) is 0 Å². The summed E-state index contributed by atoms with van der Waals surface area (Å²) in [5.41, 5.74) is 9.17. The van der Waals surface area contributed by atoms with Crippen molar-refractivity contribution in [1.82, 2.24) is 10.3 Å². The molecule has 24 heavy (non-hydrogen) atoms. The summed E-state index contributed by atoms with van der Waals surface area (Å²) in [5.74, 6) is 0.661. The Morgan fingerprint density at radius 2 is 2.12 bits per heavy atom. The van der Waals surface area contributed by atoms with Crippen molar-refractivity contribution in [3.05, 3.63) is 40.2 Å². The minimum absolute atomic E-state index is 0.116. The van der Waals surface area contributed by atoms with Gasteiger partial charge in [0.15, 0.2) is 0 Å². The second-order valence-corrected chi connectivity index (χ2v) is 7.59. The summed E-state index contributed by atoms with van der Waals surface area (Å²) in [7, 11) is 0. The van der Waals surface area contributed by atoms with Crippen molar-refractivity contribution in [1.29, 1.82) is 0 Å². The molecular weight excluding hydrogens is 318 g/mol. The first-order valence-electron chi connectivity index (χ1n) is 8.66. The van der Waals surface area contributed by atoms with E-state index < -0.39 is 0 Å². The number of aromatic nitrogens is 1. The van der Waals surface area contributed by atoms with Crippen LogP contribution >= 0.6 is 11.3 Å². The minimum atomic E-state index is 0.116. The van der Waals surface area contributed by atoms with Crippen molar-refractivity contribution in [2.24, 2.45) is 17.6 Å². The molecule has 128 valence electrons. The Balaban J connectivity index is 1.49. The van der Waals surface area contributed by atoms with Crippen LogP contribution in [0.25, 0.3) is 11.3 Å². The fourth-order valence-corrected chi connectivity index (χ4v) is 4.09. The molecule has 0 saturated heterocycles. The molecule has 1 aromatic carbocycles. The minimum Gasteiger partial charge on any atom is -0.356 e. The van der Waals surface area contributed by atoms with Gasteiger partial charge < -0.3 is 11.1 Å². The van der Waals surface area contributed by atoms with E-state index in [0.717, 1.165) is 41.9 Å². The van der Waals surface area contributed by atoms with E-state index in [2.05, 4.69) is 39.9 Å². The molecule has 3 N–H and O–H groups in total. The molecule has 2 aromatic rings. The number of thiazole rings is 1. The summed E-state index contributed by atoms with van der Waals surface area (Å²) in [5, 5.41) is 6.25. The van der Waals surface area contributed by atoms with Gasteiger partial charge in [0, 0.05) is 23.4 Å². The Morgan fingerprint density at radius 3 is 2.79 bits per heavy atom. The summed E-state index contributed by atoms with van der Waals surface area (Å²) in [4.78, 5) is 16.8. The van der Waals surface area contributed by atoms with E-state index in [1.807, 2.05) is 6.92 Å². The molecule has 0 bridgehead atoms. The van der Waals surface area contributed by atoms with Crippen LogP contribution in [0.1, 0.15) is 29.8 Å². The molecule has 0 spiro atoms. The Hall–Kier alpha value is -1.72. The molecule has 0 unspecified atom stereocenters. The van der Waals surface area contributed by atoms with Crippen LogP contribution in [-0.4, -0.2) is 24.0 Å². The van der Waals surface area contributed by atoms with Crippen LogP contribution in [0, 0.1) is 18.8 Å². The summed E-state index contributed by atoms with van der Waals surface area (Å²) < 4.78 is 0. The van der Waals surface area contributed by atoms with Crippen LogP contribution < -0.4 is 11.1 Å². The standard InChI is InChI=1S/C19H25N3OS/c1-13-22-18(12-24-13)15-7-5-14(6-8-15)9-10-21-19(23)17-4-2-3-16(17)11-20/h5-8,12,16-17H,2-4,9-11,20H2,1H3,(H,21,23)/t16-,17-/m1/s1. The fourth-order valence-electron chi connectivity index (χ4n) is 3.46. The molecule has 2 atom stereocenters. The van der Waals surface area contributed by atoms with E-state index in [4.69, 9.17) is 5.73 Å². The van der Waals surface area contributed by atoms with Gasteiger partial charge in [-0.1, -0.05) is 30.7 Å². The normalized spacial score (nSPS) is 20.2. The van der Waals surface area contributed by atoms with Gasteiger partial charge in [-0.05, 0) is 44.2 Å². The molecule has 1 heterocycles. The lowest BCUT2D eigenvalue weighted by molar-refractivity contribution is -0.125. The van der Waals surface area contributed by atoms with Gasteiger partial charge >= 0.3 is 0 Å². The topological polar surface area (TPSA) is 68.0 Å². The second kappa shape index (κ2) is 7.90. The zero-order chi connectivity index (χ0) is 16.9. The third kappa shape index (κ3) is 4.02. The second-order valence-electron chi connectivity index (χ2n) is 6.52. The molecule has 1 fully saturated rings. The highest BCUT2D eigenvalue weighted by Crippen LogP contribution is 2.30. The van der Waals surface area contributed by atoms with Gasteiger partial charge in [-0.15, -0.1) is 11.3 Å². The Kier molecular flexibility index (Phi) is 5.63. The first-order valence-corrected chi connectivity index (χ1v) is 9.54. The summed E-state index contributed by atoms with van der Waals surface area (Å²) in [6.45, 7) is 3.32. The maximum absolute atomic E-state index is 12.3. The van der Waals surface area contributed by atoms with Crippen LogP contribution in [0.15, 0.2) is 29.6 Å². The molecule has 1 aliphatic rings. The van der Waals surface area contributed by atoms with Gasteiger partial charge in [0.1, 0.15) is 0 Å². The SMILES string of the molecule is Cc1nc(-c2ccc(CCNC(=O)[C@@H]3CCC[C@@H]3CN)cc2)cs1. The molecule has 1 aromatic heterocycles. The van der Waals surface area contributed by atoms with Gasteiger partial charge in [0.2, 0.25) is 5.91 Å². The van der Waals surface area contributed by atoms with E-state index in [1.165, 1.54) is 5.56 Å². The number of nitrogens with one attached hydrogen (secondary N) is 1. The number of rotatable bonds is 6. The average Bonchev–Trinajstić information content (AvgIpc) is 3.24. The molecule has 1 aliphatic carbocycles. The van der Waals surface area contributed by atoms with Gasteiger partial charge in [0.05, 0.1) is 10.7 Å². The molecule has 5 heteroatoms. The molecular formula is C19H25N3OS. The number of hydrogen-bond acceptors (Lipinski definition) is 4. The van der Waals surface area contributed by atoms with Crippen LogP contribution in [-0.2, 0) is 11.2 Å². The lowest BCUT2D eigenvalue weighted by Gasteiger charge is -2.17. The van der Waals surface area contributed by atoms with Gasteiger partial charge in [0.25, 0.3) is 0 Å². The number of nitrogens with zero attached hydrogens (tertiary/aromatic N) is 1. The van der Waals surface area contributed by atoms with Crippen LogP contribution in [0.5, 0.6) is 0 Å². The Bertz CT molecular complexity index is 680. The maximum atomic E-state index is 12.3. The van der Waals surface area contributed by atoms with Gasteiger partial charge in [-0.3, -0.25) is 4.79 Å². The molecule has 1 saturated carbocycles. The average molecular weight is 343 g/mol. The van der Waals surface area contributed by atoms with Crippen molar-refractivity contribution < 1.29 is 4.79 Å². The number of nitrogens with two attached hydrogens (primary N) is 1. The van der Waals surface area contributed by atoms with Crippen molar-refractivity contribution in [2.75, 3.05) is 13.1 Å². The highest BCUT2D eigenvalue weighted by Gasteiger charge is 2.31. The lowest BCUT2D eigenvalue weighted by atomic mass is 9.95. The highest BCUT2D eigenvalue weighted by molar-refractivity contribution is 7.09. The summed E-state index contributed by atoms with van der Waals surface area (Å²) in [6.07, 6.45) is 4.04. The molecule has 4 nitrogen and oxygen atoms in total. The lowest BCUT2D eigenvalue weighted by Crippen LogP contribution is -2.36. The number of aryl methyl sites for hydroxylation is 1. The monoisotopic (exact) mass is 343 g/mol. The zero-order valence-corrected chi connectivity index (χ0v) is 14.9. The number of benzene rings is 1. The van der Waals surface area contributed by atoms with Crippen LogP contribution in [0.2, 0.25) is 0 Å². The third-order valence-corrected chi connectivity index (χ3v) is 5.65. The smallest absolute Gasteiger partial charge is 0.223 e. The van der Waals surface area contributed by atoms with Crippen LogP contribution in [0.4, 0.5) is 0 Å². The van der Waals surface area contributed by atoms with Crippen molar-refractivity contribution in [3.8, 4) is 11.3 Å². The summed E-state index contributed by atoms with van der Waals surface area (Å²) >= 11 is 1.67.